The van der Waals surface area contributed by atoms with Crippen LogP contribution in [0.4, 0.5) is 4.39 Å². The minimum absolute atomic E-state index is 0.0194. The topological polar surface area (TPSA) is 57.7 Å². The molecule has 1 fully saturated rings. The van der Waals surface area contributed by atoms with Crippen molar-refractivity contribution in [1.82, 2.24) is 9.21 Å². The summed E-state index contributed by atoms with van der Waals surface area (Å²) in [6.45, 7) is 1.09. The van der Waals surface area contributed by atoms with Crippen LogP contribution in [0.25, 0.3) is 10.8 Å². The van der Waals surface area contributed by atoms with Gasteiger partial charge in [-0.15, -0.1) is 0 Å². The van der Waals surface area contributed by atoms with Crippen molar-refractivity contribution in [3.63, 3.8) is 0 Å². The minimum atomic E-state index is -3.75. The van der Waals surface area contributed by atoms with Crippen LogP contribution in [-0.4, -0.2) is 49.7 Å². The van der Waals surface area contributed by atoms with Crippen molar-refractivity contribution in [3.8, 4) is 0 Å². The number of nitrogens with zero attached hydrogens (tertiary/aromatic N) is 2. The van der Waals surface area contributed by atoms with Gasteiger partial charge in [0.2, 0.25) is 15.9 Å². The number of amides is 1. The van der Waals surface area contributed by atoms with Crippen molar-refractivity contribution < 1.29 is 17.6 Å². The zero-order valence-electron chi connectivity index (χ0n) is 16.5. The van der Waals surface area contributed by atoms with Crippen LogP contribution in [-0.2, 0) is 21.2 Å². The van der Waals surface area contributed by atoms with E-state index in [1.807, 2.05) is 18.2 Å². The molecule has 0 atom stereocenters. The zero-order valence-corrected chi connectivity index (χ0v) is 17.3. The molecule has 1 amide bonds. The summed E-state index contributed by atoms with van der Waals surface area (Å²) in [4.78, 5) is 14.3. The molecule has 3 aromatic carbocycles. The van der Waals surface area contributed by atoms with Crippen LogP contribution in [0.2, 0.25) is 0 Å². The van der Waals surface area contributed by atoms with Crippen molar-refractivity contribution in [2.45, 2.75) is 17.7 Å². The molecule has 1 heterocycles. The molecule has 0 N–H and O–H groups in total. The van der Waals surface area contributed by atoms with Gasteiger partial charge in [-0.25, -0.2) is 12.8 Å². The summed E-state index contributed by atoms with van der Waals surface area (Å²) in [5.74, 6) is -0.565. The van der Waals surface area contributed by atoms with Crippen LogP contribution >= 0.6 is 0 Å². The lowest BCUT2D eigenvalue weighted by atomic mass is 10.0. The molecule has 1 saturated heterocycles. The average molecular weight is 427 g/mol. The molecule has 1 aliphatic rings. The van der Waals surface area contributed by atoms with Crippen LogP contribution in [0, 0.1) is 5.82 Å². The maximum absolute atomic E-state index is 13.4. The molecule has 1 aliphatic heterocycles. The number of benzene rings is 3. The second kappa shape index (κ2) is 8.53. The highest BCUT2D eigenvalue weighted by molar-refractivity contribution is 7.89. The van der Waals surface area contributed by atoms with E-state index in [9.17, 15) is 17.6 Å². The van der Waals surface area contributed by atoms with E-state index in [0.717, 1.165) is 17.0 Å². The summed E-state index contributed by atoms with van der Waals surface area (Å²) in [6, 6.07) is 19.3. The van der Waals surface area contributed by atoms with Gasteiger partial charge in [0.05, 0.1) is 4.90 Å². The van der Waals surface area contributed by atoms with Crippen molar-refractivity contribution in [1.29, 1.82) is 0 Å². The van der Waals surface area contributed by atoms with Gasteiger partial charge in [-0.2, -0.15) is 4.31 Å². The normalized spacial score (nSPS) is 15.4. The number of aryl methyl sites for hydroxylation is 1. The number of halogens is 1. The first kappa shape index (κ1) is 20.5. The third-order valence-corrected chi connectivity index (χ3v) is 7.36. The number of carbonyl (C=O) groups is 1. The Balaban J connectivity index is 1.33. The standard InChI is InChI=1S/C23H23FN2O3S/c24-21-6-3-7-22(17-21)30(28,29)26-14-12-25(13-15-26)23(27)11-9-18-8-10-19-4-1-2-5-20(19)16-18/h1-8,10,16-17H,9,11-15H2. The Morgan fingerprint density at radius 2 is 1.60 bits per heavy atom. The number of piperazine rings is 1. The second-order valence-corrected chi connectivity index (χ2v) is 9.36. The third kappa shape index (κ3) is 4.37. The van der Waals surface area contributed by atoms with Gasteiger partial charge in [0, 0.05) is 32.6 Å². The number of sulfonamides is 1. The molecule has 0 spiro atoms. The van der Waals surface area contributed by atoms with Crippen molar-refractivity contribution in [2.24, 2.45) is 0 Å². The molecular formula is C23H23FN2O3S. The van der Waals surface area contributed by atoms with Gasteiger partial charge in [-0.1, -0.05) is 48.5 Å². The molecule has 3 aromatic rings. The Morgan fingerprint density at radius 1 is 0.867 bits per heavy atom. The van der Waals surface area contributed by atoms with Crippen molar-refractivity contribution in [2.75, 3.05) is 26.2 Å². The van der Waals surface area contributed by atoms with E-state index >= 15 is 0 Å². The fourth-order valence-electron chi connectivity index (χ4n) is 3.76. The summed E-state index contributed by atoms with van der Waals surface area (Å²) in [7, 11) is -3.75. The van der Waals surface area contributed by atoms with E-state index in [1.54, 1.807) is 4.90 Å². The van der Waals surface area contributed by atoms with Crippen LogP contribution in [0.5, 0.6) is 0 Å². The SMILES string of the molecule is O=C(CCc1ccc2ccccc2c1)N1CCN(S(=O)(=O)c2cccc(F)c2)CC1. The Hall–Kier alpha value is -2.77. The van der Waals surface area contributed by atoms with E-state index in [0.29, 0.717) is 25.9 Å². The van der Waals surface area contributed by atoms with Crippen molar-refractivity contribution in [3.05, 3.63) is 78.1 Å². The summed E-state index contributed by atoms with van der Waals surface area (Å²) in [6.07, 6.45) is 1.03. The van der Waals surface area contributed by atoms with E-state index in [1.165, 1.54) is 27.9 Å². The number of hydrogen-bond donors (Lipinski definition) is 0. The zero-order chi connectivity index (χ0) is 21.1. The predicted octanol–water partition coefficient (Wildman–Crippen LogP) is 3.44. The second-order valence-electron chi connectivity index (χ2n) is 7.42. The molecule has 0 bridgehead atoms. The van der Waals surface area contributed by atoms with Gasteiger partial charge in [-0.05, 0) is 41.0 Å². The molecule has 5 nitrogen and oxygen atoms in total. The number of carbonyl (C=O) groups excluding carboxylic acids is 1. The summed E-state index contributed by atoms with van der Waals surface area (Å²) in [5, 5.41) is 2.32. The maximum atomic E-state index is 13.4. The van der Waals surface area contributed by atoms with Crippen LogP contribution in [0.15, 0.2) is 71.6 Å². The summed E-state index contributed by atoms with van der Waals surface area (Å²) >= 11 is 0. The van der Waals surface area contributed by atoms with Gasteiger partial charge in [0.15, 0.2) is 0 Å². The Morgan fingerprint density at radius 3 is 2.33 bits per heavy atom. The summed E-state index contributed by atoms with van der Waals surface area (Å²) < 4.78 is 40.1. The lowest BCUT2D eigenvalue weighted by Crippen LogP contribution is -2.50. The third-order valence-electron chi connectivity index (χ3n) is 5.47. The number of fused-ring (bicyclic) bond motifs is 1. The fraction of sp³-hybridized carbons (Fsp3) is 0.261. The molecule has 7 heteroatoms. The molecular weight excluding hydrogens is 403 g/mol. The highest BCUT2D eigenvalue weighted by Gasteiger charge is 2.30. The molecule has 0 aromatic heterocycles. The quantitative estimate of drug-likeness (QED) is 0.628. The highest BCUT2D eigenvalue weighted by Crippen LogP contribution is 2.20. The molecule has 4 rings (SSSR count). The van der Waals surface area contributed by atoms with E-state index in [-0.39, 0.29) is 23.9 Å². The molecule has 156 valence electrons. The van der Waals surface area contributed by atoms with Gasteiger partial charge in [0.25, 0.3) is 0 Å². The Kier molecular flexibility index (Phi) is 5.83. The lowest BCUT2D eigenvalue weighted by Gasteiger charge is -2.34. The van der Waals surface area contributed by atoms with Crippen LogP contribution in [0.1, 0.15) is 12.0 Å². The van der Waals surface area contributed by atoms with Crippen molar-refractivity contribution >= 4 is 26.7 Å². The fourth-order valence-corrected chi connectivity index (χ4v) is 5.21. The largest absolute Gasteiger partial charge is 0.340 e. The van der Waals surface area contributed by atoms with Crippen LogP contribution in [0.3, 0.4) is 0 Å². The van der Waals surface area contributed by atoms with E-state index in [4.69, 9.17) is 0 Å². The number of rotatable bonds is 5. The highest BCUT2D eigenvalue weighted by atomic mass is 32.2. The minimum Gasteiger partial charge on any atom is -0.340 e. The summed E-state index contributed by atoms with van der Waals surface area (Å²) in [5.41, 5.74) is 1.11. The van der Waals surface area contributed by atoms with Gasteiger partial charge < -0.3 is 4.90 Å². The molecule has 0 saturated carbocycles. The molecule has 0 radical (unpaired) electrons. The average Bonchev–Trinajstić information content (AvgIpc) is 2.77. The van der Waals surface area contributed by atoms with E-state index in [2.05, 4.69) is 24.3 Å². The van der Waals surface area contributed by atoms with E-state index < -0.39 is 15.8 Å². The molecule has 0 aliphatic carbocycles. The van der Waals surface area contributed by atoms with Gasteiger partial charge >= 0.3 is 0 Å². The first-order chi connectivity index (χ1) is 14.4. The van der Waals surface area contributed by atoms with Gasteiger partial charge in [0.1, 0.15) is 5.82 Å². The monoisotopic (exact) mass is 426 g/mol. The first-order valence-corrected chi connectivity index (χ1v) is 11.4. The molecule has 0 unspecified atom stereocenters. The molecule has 30 heavy (non-hydrogen) atoms. The predicted molar refractivity (Wildman–Crippen MR) is 114 cm³/mol. The Bertz CT molecular complexity index is 1170. The number of hydrogen-bond acceptors (Lipinski definition) is 3. The Labute approximate surface area is 175 Å². The smallest absolute Gasteiger partial charge is 0.243 e. The lowest BCUT2D eigenvalue weighted by molar-refractivity contribution is -0.132. The van der Waals surface area contributed by atoms with Gasteiger partial charge in [-0.3, -0.25) is 4.79 Å². The maximum Gasteiger partial charge on any atom is 0.243 e. The van der Waals surface area contributed by atoms with Crippen LogP contribution < -0.4 is 0 Å². The first-order valence-electron chi connectivity index (χ1n) is 9.95.